The second-order valence-corrected chi connectivity index (χ2v) is 8.14. The third-order valence-corrected chi connectivity index (χ3v) is 5.95. The van der Waals surface area contributed by atoms with Crippen LogP contribution in [0.2, 0.25) is 0 Å². The summed E-state index contributed by atoms with van der Waals surface area (Å²) >= 11 is 0. The van der Waals surface area contributed by atoms with Gasteiger partial charge in [0.2, 0.25) is 5.91 Å². The molecule has 0 unspecified atom stereocenters. The molecule has 7 nitrogen and oxygen atoms in total. The number of nitrogens with one attached hydrogen (secondary N) is 1. The molecule has 2 saturated heterocycles. The minimum absolute atomic E-state index is 0.223. The normalized spacial score (nSPS) is 23.9. The molecule has 2 aromatic heterocycles. The standard InChI is InChI=1S/C20H28N6O/c1-16-9-22-18(12-21-16)13-26-15-20(6-3-19(26)27)5-2-7-25(14-20)8-4-17-10-23-24-11-17/h9-12H,2-8,13-15H2,1H3,(H,23,24)/t20-/m0/s1. The van der Waals surface area contributed by atoms with Gasteiger partial charge in [-0.25, -0.2) is 0 Å². The van der Waals surface area contributed by atoms with Crippen molar-refractivity contribution in [1.29, 1.82) is 0 Å². The molecule has 2 aromatic rings. The Bertz CT molecular complexity index is 759. The lowest BCUT2D eigenvalue weighted by molar-refractivity contribution is -0.140. The summed E-state index contributed by atoms with van der Waals surface area (Å²) in [6.45, 7) is 6.62. The van der Waals surface area contributed by atoms with E-state index in [-0.39, 0.29) is 11.3 Å². The summed E-state index contributed by atoms with van der Waals surface area (Å²) in [4.78, 5) is 25.8. The molecule has 0 saturated carbocycles. The van der Waals surface area contributed by atoms with Crippen molar-refractivity contribution in [2.45, 2.75) is 45.6 Å². The molecule has 4 rings (SSSR count). The fourth-order valence-electron chi connectivity index (χ4n) is 4.48. The molecule has 2 aliphatic heterocycles. The topological polar surface area (TPSA) is 78.0 Å². The van der Waals surface area contributed by atoms with Crippen LogP contribution in [0, 0.1) is 12.3 Å². The highest BCUT2D eigenvalue weighted by Gasteiger charge is 2.41. The van der Waals surface area contributed by atoms with E-state index in [2.05, 4.69) is 25.1 Å². The van der Waals surface area contributed by atoms with E-state index in [9.17, 15) is 4.79 Å². The molecule has 144 valence electrons. The lowest BCUT2D eigenvalue weighted by Crippen LogP contribution is -2.54. The summed E-state index contributed by atoms with van der Waals surface area (Å²) in [5.74, 6) is 0.249. The van der Waals surface area contributed by atoms with Gasteiger partial charge >= 0.3 is 0 Å². The molecule has 0 bridgehead atoms. The van der Waals surface area contributed by atoms with Crippen molar-refractivity contribution in [2.75, 3.05) is 26.2 Å². The Hall–Kier alpha value is -2.28. The van der Waals surface area contributed by atoms with E-state index in [1.807, 2.05) is 24.2 Å². The highest BCUT2D eigenvalue weighted by Crippen LogP contribution is 2.39. The van der Waals surface area contributed by atoms with Gasteiger partial charge in [-0.2, -0.15) is 5.10 Å². The molecule has 0 radical (unpaired) electrons. The van der Waals surface area contributed by atoms with Crippen molar-refractivity contribution in [3.8, 4) is 0 Å². The molecule has 2 aliphatic rings. The third-order valence-electron chi connectivity index (χ3n) is 5.95. The molecule has 4 heterocycles. The molecule has 1 atom stereocenters. The van der Waals surface area contributed by atoms with Gasteiger partial charge in [0.15, 0.2) is 0 Å². The Morgan fingerprint density at radius 2 is 2.11 bits per heavy atom. The molecule has 27 heavy (non-hydrogen) atoms. The van der Waals surface area contributed by atoms with Crippen molar-refractivity contribution in [3.63, 3.8) is 0 Å². The minimum Gasteiger partial charge on any atom is -0.336 e. The molecule has 1 amide bonds. The number of hydrogen-bond acceptors (Lipinski definition) is 5. The zero-order valence-corrected chi connectivity index (χ0v) is 16.0. The minimum atomic E-state index is 0.223. The number of H-pyrrole nitrogens is 1. The van der Waals surface area contributed by atoms with Crippen LogP contribution < -0.4 is 0 Å². The van der Waals surface area contributed by atoms with Gasteiger partial charge in [-0.15, -0.1) is 0 Å². The maximum atomic E-state index is 12.5. The molecule has 2 fully saturated rings. The van der Waals surface area contributed by atoms with Crippen LogP contribution in [0.5, 0.6) is 0 Å². The van der Waals surface area contributed by atoms with Gasteiger partial charge in [0, 0.05) is 43.9 Å². The monoisotopic (exact) mass is 368 g/mol. The lowest BCUT2D eigenvalue weighted by atomic mass is 9.73. The summed E-state index contributed by atoms with van der Waals surface area (Å²) in [7, 11) is 0. The molecular formula is C20H28N6O. The third kappa shape index (κ3) is 4.35. The van der Waals surface area contributed by atoms with Gasteiger partial charge in [-0.3, -0.25) is 19.9 Å². The smallest absolute Gasteiger partial charge is 0.222 e. The van der Waals surface area contributed by atoms with Crippen molar-refractivity contribution in [2.24, 2.45) is 5.41 Å². The highest BCUT2D eigenvalue weighted by atomic mass is 16.2. The second kappa shape index (κ2) is 7.76. The van der Waals surface area contributed by atoms with Crippen LogP contribution in [0.4, 0.5) is 0 Å². The van der Waals surface area contributed by atoms with Crippen LogP contribution in [0.25, 0.3) is 0 Å². The Labute approximate surface area is 160 Å². The lowest BCUT2D eigenvalue weighted by Gasteiger charge is -2.48. The number of likely N-dealkylation sites (tertiary alicyclic amines) is 2. The van der Waals surface area contributed by atoms with E-state index >= 15 is 0 Å². The highest BCUT2D eigenvalue weighted by molar-refractivity contribution is 5.77. The summed E-state index contributed by atoms with van der Waals surface area (Å²) in [5, 5.41) is 6.92. The Morgan fingerprint density at radius 3 is 2.89 bits per heavy atom. The number of carbonyl (C=O) groups is 1. The zero-order valence-electron chi connectivity index (χ0n) is 16.0. The summed E-state index contributed by atoms with van der Waals surface area (Å²) in [6, 6.07) is 0. The van der Waals surface area contributed by atoms with Crippen LogP contribution in [0.3, 0.4) is 0 Å². The second-order valence-electron chi connectivity index (χ2n) is 8.14. The molecular weight excluding hydrogens is 340 g/mol. The Balaban J connectivity index is 1.39. The van der Waals surface area contributed by atoms with Gasteiger partial charge in [0.1, 0.15) is 0 Å². The van der Waals surface area contributed by atoms with Gasteiger partial charge in [0.25, 0.3) is 0 Å². The van der Waals surface area contributed by atoms with Gasteiger partial charge in [0.05, 0.1) is 30.3 Å². The van der Waals surface area contributed by atoms with Crippen LogP contribution >= 0.6 is 0 Å². The first-order valence-corrected chi connectivity index (χ1v) is 9.87. The van der Waals surface area contributed by atoms with E-state index < -0.39 is 0 Å². The van der Waals surface area contributed by atoms with Crippen LogP contribution in [-0.4, -0.2) is 62.1 Å². The largest absolute Gasteiger partial charge is 0.336 e. The maximum absolute atomic E-state index is 12.5. The molecule has 1 N–H and O–H groups in total. The average Bonchev–Trinajstić information content (AvgIpc) is 3.19. The SMILES string of the molecule is Cc1cnc(CN2C[C@@]3(CCCN(CCc4cn[nH]c4)C3)CCC2=O)cn1. The first-order chi connectivity index (χ1) is 13.1. The van der Waals surface area contributed by atoms with E-state index in [1.54, 1.807) is 12.4 Å². The summed E-state index contributed by atoms with van der Waals surface area (Å²) in [5.41, 5.74) is 3.26. The number of hydrogen-bond donors (Lipinski definition) is 1. The van der Waals surface area contributed by atoms with E-state index in [0.717, 1.165) is 50.4 Å². The Kier molecular flexibility index (Phi) is 5.20. The number of carbonyl (C=O) groups excluding carboxylic acids is 1. The zero-order chi connectivity index (χ0) is 18.7. The number of aromatic nitrogens is 4. The number of aryl methyl sites for hydroxylation is 1. The summed E-state index contributed by atoms with van der Waals surface area (Å²) < 4.78 is 0. The number of nitrogens with zero attached hydrogens (tertiary/aromatic N) is 5. The maximum Gasteiger partial charge on any atom is 0.222 e. The predicted molar refractivity (Wildman–Crippen MR) is 102 cm³/mol. The molecule has 7 heteroatoms. The van der Waals surface area contributed by atoms with Crippen molar-refractivity contribution >= 4 is 5.91 Å². The van der Waals surface area contributed by atoms with Gasteiger partial charge < -0.3 is 9.80 Å². The van der Waals surface area contributed by atoms with Gasteiger partial charge in [-0.05, 0) is 44.7 Å². The first kappa shape index (κ1) is 18.1. The van der Waals surface area contributed by atoms with Crippen molar-refractivity contribution in [1.82, 2.24) is 30.0 Å². The fourth-order valence-corrected chi connectivity index (χ4v) is 4.48. The van der Waals surface area contributed by atoms with E-state index in [1.165, 1.54) is 18.4 Å². The Morgan fingerprint density at radius 1 is 1.19 bits per heavy atom. The van der Waals surface area contributed by atoms with E-state index in [4.69, 9.17) is 0 Å². The molecule has 1 spiro atoms. The average molecular weight is 368 g/mol. The number of amides is 1. The van der Waals surface area contributed by atoms with E-state index in [0.29, 0.717) is 13.0 Å². The molecule has 0 aromatic carbocycles. The van der Waals surface area contributed by atoms with Crippen molar-refractivity contribution in [3.05, 3.63) is 41.7 Å². The molecule has 0 aliphatic carbocycles. The van der Waals surface area contributed by atoms with Crippen molar-refractivity contribution < 1.29 is 4.79 Å². The number of rotatable bonds is 5. The quantitative estimate of drug-likeness (QED) is 0.873. The van der Waals surface area contributed by atoms with Crippen LogP contribution in [-0.2, 0) is 17.8 Å². The van der Waals surface area contributed by atoms with Gasteiger partial charge in [-0.1, -0.05) is 0 Å². The first-order valence-electron chi connectivity index (χ1n) is 9.87. The van der Waals surface area contributed by atoms with Crippen LogP contribution in [0.1, 0.15) is 42.6 Å². The predicted octanol–water partition coefficient (Wildman–Crippen LogP) is 1.96. The number of aromatic amines is 1. The summed E-state index contributed by atoms with van der Waals surface area (Å²) in [6.07, 6.45) is 12.5. The number of piperidine rings is 2. The van der Waals surface area contributed by atoms with Crippen LogP contribution in [0.15, 0.2) is 24.8 Å². The fraction of sp³-hybridized carbons (Fsp3) is 0.600.